The first-order valence-electron chi connectivity index (χ1n) is 5.55. The highest BCUT2D eigenvalue weighted by atomic mass is 14.4. The van der Waals surface area contributed by atoms with Crippen LogP contribution in [0.2, 0.25) is 0 Å². The maximum absolute atomic E-state index is 4.14. The third kappa shape index (κ3) is 1.87. The lowest BCUT2D eigenvalue weighted by Crippen LogP contribution is -2.27. The van der Waals surface area contributed by atoms with E-state index in [4.69, 9.17) is 0 Å². The molecule has 0 saturated heterocycles. The van der Waals surface area contributed by atoms with Crippen LogP contribution < -0.4 is 0 Å². The van der Waals surface area contributed by atoms with Gasteiger partial charge in [-0.15, -0.1) is 0 Å². The van der Waals surface area contributed by atoms with Gasteiger partial charge in [0.15, 0.2) is 0 Å². The van der Waals surface area contributed by atoms with Crippen LogP contribution in [0.25, 0.3) is 0 Å². The Kier molecular flexibility index (Phi) is 2.31. The summed E-state index contributed by atoms with van der Waals surface area (Å²) >= 11 is 0. The van der Waals surface area contributed by atoms with Crippen molar-refractivity contribution in [2.24, 2.45) is 5.41 Å². The number of hydrogen-bond acceptors (Lipinski definition) is 0. The molecule has 0 N–H and O–H groups in total. The van der Waals surface area contributed by atoms with E-state index in [0.29, 0.717) is 5.41 Å². The SMILES string of the molecule is C=C1C=C(C)CC2(CCCCC2)C1. The van der Waals surface area contributed by atoms with Crippen molar-refractivity contribution in [2.75, 3.05) is 0 Å². The predicted octanol–water partition coefficient (Wildman–Crippen LogP) is 4.23. The fourth-order valence-electron chi connectivity index (χ4n) is 3.24. The smallest absolute Gasteiger partial charge is 0.0220 e. The van der Waals surface area contributed by atoms with Crippen molar-refractivity contribution in [2.45, 2.75) is 51.9 Å². The molecule has 13 heavy (non-hydrogen) atoms. The first-order valence-corrected chi connectivity index (χ1v) is 5.55. The van der Waals surface area contributed by atoms with E-state index in [-0.39, 0.29) is 0 Å². The molecule has 0 radical (unpaired) electrons. The standard InChI is InChI=1S/C13H20/c1-11-8-12(2)10-13(9-11)6-4-3-5-7-13/h8H,1,3-7,9-10H2,2H3. The molecular formula is C13H20. The zero-order valence-corrected chi connectivity index (χ0v) is 8.73. The molecule has 2 aliphatic carbocycles. The topological polar surface area (TPSA) is 0 Å². The van der Waals surface area contributed by atoms with Crippen LogP contribution >= 0.6 is 0 Å². The normalized spacial score (nSPS) is 27.5. The molecule has 2 aliphatic rings. The predicted molar refractivity (Wildman–Crippen MR) is 57.6 cm³/mol. The molecule has 0 bridgehead atoms. The summed E-state index contributed by atoms with van der Waals surface area (Å²) in [4.78, 5) is 0. The van der Waals surface area contributed by atoms with E-state index in [9.17, 15) is 0 Å². The molecule has 1 spiro atoms. The average molecular weight is 176 g/mol. The Morgan fingerprint density at radius 1 is 1.15 bits per heavy atom. The van der Waals surface area contributed by atoms with E-state index in [0.717, 1.165) is 0 Å². The first-order chi connectivity index (χ1) is 6.20. The molecule has 0 aromatic heterocycles. The molecule has 2 rings (SSSR count). The molecule has 72 valence electrons. The van der Waals surface area contributed by atoms with Crippen molar-refractivity contribution in [1.82, 2.24) is 0 Å². The summed E-state index contributed by atoms with van der Waals surface area (Å²) in [6.07, 6.45) is 12.1. The average Bonchev–Trinajstić information content (AvgIpc) is 2.02. The van der Waals surface area contributed by atoms with Crippen LogP contribution in [0.15, 0.2) is 23.8 Å². The number of hydrogen-bond donors (Lipinski definition) is 0. The number of rotatable bonds is 0. The second kappa shape index (κ2) is 3.32. The van der Waals surface area contributed by atoms with Crippen LogP contribution in [0, 0.1) is 5.41 Å². The Hall–Kier alpha value is -0.520. The molecule has 0 heteroatoms. The summed E-state index contributed by atoms with van der Waals surface area (Å²) in [7, 11) is 0. The van der Waals surface area contributed by atoms with Crippen LogP contribution in [0.1, 0.15) is 51.9 Å². The van der Waals surface area contributed by atoms with E-state index >= 15 is 0 Å². The first kappa shape index (κ1) is 9.05. The van der Waals surface area contributed by atoms with Crippen molar-refractivity contribution >= 4 is 0 Å². The summed E-state index contributed by atoms with van der Waals surface area (Å²) in [6.45, 7) is 6.40. The molecule has 0 amide bonds. The van der Waals surface area contributed by atoms with Crippen molar-refractivity contribution in [3.05, 3.63) is 23.8 Å². The van der Waals surface area contributed by atoms with Crippen molar-refractivity contribution in [1.29, 1.82) is 0 Å². The van der Waals surface area contributed by atoms with E-state index in [1.807, 2.05) is 0 Å². The highest BCUT2D eigenvalue weighted by molar-refractivity contribution is 5.27. The fourth-order valence-corrected chi connectivity index (χ4v) is 3.24. The van der Waals surface area contributed by atoms with Gasteiger partial charge in [0, 0.05) is 0 Å². The Balaban J connectivity index is 2.15. The quantitative estimate of drug-likeness (QED) is 0.518. The maximum Gasteiger partial charge on any atom is -0.0220 e. The van der Waals surface area contributed by atoms with Gasteiger partial charge in [-0.25, -0.2) is 0 Å². The molecule has 0 heterocycles. The Bertz CT molecular complexity index is 239. The van der Waals surface area contributed by atoms with Crippen molar-refractivity contribution in [3.63, 3.8) is 0 Å². The van der Waals surface area contributed by atoms with Crippen LogP contribution in [-0.2, 0) is 0 Å². The summed E-state index contributed by atoms with van der Waals surface area (Å²) in [5, 5.41) is 0. The van der Waals surface area contributed by atoms with Crippen LogP contribution in [-0.4, -0.2) is 0 Å². The third-order valence-corrected chi connectivity index (χ3v) is 3.62. The van der Waals surface area contributed by atoms with Crippen LogP contribution in [0.5, 0.6) is 0 Å². The van der Waals surface area contributed by atoms with Gasteiger partial charge in [0.05, 0.1) is 0 Å². The summed E-state index contributed by atoms with van der Waals surface area (Å²) in [6, 6.07) is 0. The molecule has 0 atom stereocenters. The molecule has 0 aliphatic heterocycles. The summed E-state index contributed by atoms with van der Waals surface area (Å²) < 4.78 is 0. The van der Waals surface area contributed by atoms with Gasteiger partial charge < -0.3 is 0 Å². The fraction of sp³-hybridized carbons (Fsp3) is 0.692. The minimum absolute atomic E-state index is 0.633. The number of allylic oxidation sites excluding steroid dienone is 3. The van der Waals surface area contributed by atoms with Gasteiger partial charge in [0.2, 0.25) is 0 Å². The van der Waals surface area contributed by atoms with Gasteiger partial charge in [0.1, 0.15) is 0 Å². The Morgan fingerprint density at radius 2 is 1.85 bits per heavy atom. The zero-order chi connectivity index (χ0) is 9.31. The molecule has 0 aromatic rings. The van der Waals surface area contributed by atoms with E-state index < -0.39 is 0 Å². The van der Waals surface area contributed by atoms with Gasteiger partial charge in [-0.1, -0.05) is 43.1 Å². The molecule has 1 saturated carbocycles. The summed E-state index contributed by atoms with van der Waals surface area (Å²) in [5.41, 5.74) is 3.55. The van der Waals surface area contributed by atoms with Gasteiger partial charge in [-0.2, -0.15) is 0 Å². The molecular weight excluding hydrogens is 156 g/mol. The largest absolute Gasteiger partial charge is 0.0958 e. The molecule has 0 unspecified atom stereocenters. The van der Waals surface area contributed by atoms with E-state index in [1.54, 1.807) is 5.57 Å². The second-order valence-electron chi connectivity index (χ2n) is 5.06. The lowest BCUT2D eigenvalue weighted by Gasteiger charge is -2.40. The lowest BCUT2D eigenvalue weighted by atomic mass is 9.65. The third-order valence-electron chi connectivity index (χ3n) is 3.62. The lowest BCUT2D eigenvalue weighted by molar-refractivity contribution is 0.182. The Labute approximate surface area is 81.7 Å². The van der Waals surface area contributed by atoms with Crippen molar-refractivity contribution < 1.29 is 0 Å². The Morgan fingerprint density at radius 3 is 2.46 bits per heavy atom. The van der Waals surface area contributed by atoms with Crippen LogP contribution in [0.4, 0.5) is 0 Å². The van der Waals surface area contributed by atoms with Crippen molar-refractivity contribution in [3.8, 4) is 0 Å². The monoisotopic (exact) mass is 176 g/mol. The maximum atomic E-state index is 4.14. The van der Waals surface area contributed by atoms with E-state index in [1.165, 1.54) is 50.5 Å². The molecule has 1 fully saturated rings. The van der Waals surface area contributed by atoms with E-state index in [2.05, 4.69) is 19.6 Å². The van der Waals surface area contributed by atoms with Gasteiger partial charge >= 0.3 is 0 Å². The second-order valence-corrected chi connectivity index (χ2v) is 5.06. The highest BCUT2D eigenvalue weighted by Gasteiger charge is 2.34. The minimum atomic E-state index is 0.633. The van der Waals surface area contributed by atoms with Gasteiger partial charge in [0.25, 0.3) is 0 Å². The van der Waals surface area contributed by atoms with Crippen LogP contribution in [0.3, 0.4) is 0 Å². The molecule has 0 aromatic carbocycles. The zero-order valence-electron chi connectivity index (χ0n) is 8.73. The van der Waals surface area contributed by atoms with Gasteiger partial charge in [-0.3, -0.25) is 0 Å². The highest BCUT2D eigenvalue weighted by Crippen LogP contribution is 2.48. The molecule has 0 nitrogen and oxygen atoms in total. The minimum Gasteiger partial charge on any atom is -0.0958 e. The summed E-state index contributed by atoms with van der Waals surface area (Å²) in [5.74, 6) is 0. The van der Waals surface area contributed by atoms with Gasteiger partial charge in [-0.05, 0) is 38.0 Å².